The van der Waals surface area contributed by atoms with E-state index in [2.05, 4.69) is 10.6 Å². The van der Waals surface area contributed by atoms with Gasteiger partial charge in [0.25, 0.3) is 0 Å². The van der Waals surface area contributed by atoms with E-state index in [4.69, 9.17) is 9.15 Å². The molecule has 2 N–H and O–H groups in total. The second kappa shape index (κ2) is 7.94. The molecule has 0 aliphatic carbocycles. The van der Waals surface area contributed by atoms with E-state index in [0.29, 0.717) is 36.0 Å². The summed E-state index contributed by atoms with van der Waals surface area (Å²) in [5, 5.41) is 5.46. The van der Waals surface area contributed by atoms with Gasteiger partial charge in [0, 0.05) is 25.6 Å². The Morgan fingerprint density at radius 1 is 1.30 bits per heavy atom. The molecule has 1 saturated heterocycles. The highest BCUT2D eigenvalue weighted by Gasteiger charge is 2.34. The van der Waals surface area contributed by atoms with Crippen LogP contribution in [0.4, 0.5) is 11.4 Å². The maximum Gasteiger partial charge on any atom is 0.229 e. The Hall–Kier alpha value is -3.29. The third-order valence-electron chi connectivity index (χ3n) is 4.29. The molecule has 27 heavy (non-hydrogen) atoms. The van der Waals surface area contributed by atoms with Crippen LogP contribution in [0, 0.1) is 5.92 Å². The van der Waals surface area contributed by atoms with Gasteiger partial charge in [-0.3, -0.25) is 14.4 Å². The van der Waals surface area contributed by atoms with E-state index < -0.39 is 5.92 Å². The zero-order valence-corrected chi connectivity index (χ0v) is 15.2. The highest BCUT2D eigenvalue weighted by Crippen LogP contribution is 2.29. The van der Waals surface area contributed by atoms with Gasteiger partial charge >= 0.3 is 0 Å². The molecule has 2 heterocycles. The van der Waals surface area contributed by atoms with Crippen LogP contribution in [0.3, 0.4) is 0 Å². The van der Waals surface area contributed by atoms with E-state index in [9.17, 15) is 14.4 Å². The highest BCUT2D eigenvalue weighted by molar-refractivity contribution is 5.98. The number of nitrogens with one attached hydrogen (secondary N) is 2. The van der Waals surface area contributed by atoms with Crippen LogP contribution < -0.4 is 15.4 Å². The third kappa shape index (κ3) is 4.46. The van der Waals surface area contributed by atoms with Gasteiger partial charge in [-0.25, -0.2) is 0 Å². The average Bonchev–Trinajstić information content (AvgIpc) is 3.25. The lowest BCUT2D eigenvalue weighted by Crippen LogP contribution is -2.27. The van der Waals surface area contributed by atoms with E-state index in [1.165, 1.54) is 14.0 Å². The van der Waals surface area contributed by atoms with E-state index in [1.807, 2.05) is 0 Å². The maximum absolute atomic E-state index is 12.6. The number of methoxy groups -OCH3 is 1. The molecule has 1 aromatic heterocycles. The van der Waals surface area contributed by atoms with E-state index in [1.54, 1.807) is 41.5 Å². The molecule has 142 valence electrons. The van der Waals surface area contributed by atoms with Crippen molar-refractivity contribution in [3.8, 4) is 5.75 Å². The smallest absolute Gasteiger partial charge is 0.229 e. The lowest BCUT2D eigenvalue weighted by Gasteiger charge is -2.16. The van der Waals surface area contributed by atoms with Crippen LogP contribution in [0.25, 0.3) is 0 Å². The minimum absolute atomic E-state index is 0.0831. The van der Waals surface area contributed by atoms with Crippen molar-refractivity contribution >= 4 is 29.1 Å². The number of rotatable bonds is 6. The number of carbonyl (C=O) groups excluding carboxylic acids is 3. The average molecular weight is 371 g/mol. The Bertz CT molecular complexity index is 847. The summed E-state index contributed by atoms with van der Waals surface area (Å²) in [5.41, 5.74) is 0.978. The molecule has 0 unspecified atom stereocenters. The number of hydrogen-bond acceptors (Lipinski definition) is 5. The molecule has 3 rings (SSSR count). The molecular weight excluding hydrogens is 350 g/mol. The molecule has 8 heteroatoms. The molecule has 1 aliphatic rings. The van der Waals surface area contributed by atoms with Crippen LogP contribution in [-0.2, 0) is 20.9 Å². The van der Waals surface area contributed by atoms with Gasteiger partial charge in [-0.05, 0) is 30.3 Å². The summed E-state index contributed by atoms with van der Waals surface area (Å²) in [6.45, 7) is 2.08. The summed E-state index contributed by atoms with van der Waals surface area (Å²) in [5.74, 6) is 0.151. The molecule has 0 saturated carbocycles. The molecule has 2 aromatic rings. The monoisotopic (exact) mass is 371 g/mol. The molecule has 0 radical (unpaired) electrons. The van der Waals surface area contributed by atoms with Crippen LogP contribution in [0.1, 0.15) is 19.1 Å². The number of nitrogens with zero attached hydrogens (tertiary/aromatic N) is 1. The van der Waals surface area contributed by atoms with Gasteiger partial charge < -0.3 is 24.7 Å². The summed E-state index contributed by atoms with van der Waals surface area (Å²) in [4.78, 5) is 37.7. The highest BCUT2D eigenvalue weighted by atomic mass is 16.5. The number of hydrogen-bond donors (Lipinski definition) is 2. The topological polar surface area (TPSA) is 101 Å². The summed E-state index contributed by atoms with van der Waals surface area (Å²) >= 11 is 0. The third-order valence-corrected chi connectivity index (χ3v) is 4.29. The molecule has 1 atom stereocenters. The number of amides is 3. The molecule has 1 aromatic carbocycles. The second-order valence-electron chi connectivity index (χ2n) is 6.34. The van der Waals surface area contributed by atoms with Crippen molar-refractivity contribution in [2.24, 2.45) is 5.92 Å². The van der Waals surface area contributed by atoms with Crippen molar-refractivity contribution in [1.82, 2.24) is 4.90 Å². The van der Waals surface area contributed by atoms with Crippen LogP contribution in [0.2, 0.25) is 0 Å². The van der Waals surface area contributed by atoms with Crippen molar-refractivity contribution in [1.29, 1.82) is 0 Å². The first-order valence-electron chi connectivity index (χ1n) is 8.53. The Labute approximate surface area is 156 Å². The van der Waals surface area contributed by atoms with Gasteiger partial charge in [-0.15, -0.1) is 0 Å². The fourth-order valence-electron chi connectivity index (χ4n) is 3.01. The Morgan fingerprint density at radius 3 is 2.78 bits per heavy atom. The number of furan rings is 1. The first-order valence-corrected chi connectivity index (χ1v) is 8.53. The predicted molar refractivity (Wildman–Crippen MR) is 98.2 cm³/mol. The number of ether oxygens (including phenoxy) is 1. The Morgan fingerprint density at radius 2 is 2.11 bits per heavy atom. The summed E-state index contributed by atoms with van der Waals surface area (Å²) in [7, 11) is 1.50. The van der Waals surface area contributed by atoms with Gasteiger partial charge in [0.15, 0.2) is 0 Å². The SMILES string of the molecule is COc1ccc(NC(=O)[C@@H]2CC(=O)N(Cc3ccco3)C2)cc1NC(C)=O. The van der Waals surface area contributed by atoms with E-state index in [-0.39, 0.29) is 24.1 Å². The summed E-state index contributed by atoms with van der Waals surface area (Å²) < 4.78 is 10.5. The molecular formula is C19H21N3O5. The number of anilines is 2. The van der Waals surface area contributed by atoms with Crippen LogP contribution in [0.5, 0.6) is 5.75 Å². The van der Waals surface area contributed by atoms with Crippen LogP contribution >= 0.6 is 0 Å². The molecule has 0 spiro atoms. The van der Waals surface area contributed by atoms with Crippen molar-refractivity contribution in [3.05, 3.63) is 42.4 Å². The van der Waals surface area contributed by atoms with Gasteiger partial charge in [0.2, 0.25) is 17.7 Å². The van der Waals surface area contributed by atoms with Gasteiger partial charge in [-0.1, -0.05) is 0 Å². The molecule has 1 fully saturated rings. The van der Waals surface area contributed by atoms with E-state index >= 15 is 0 Å². The van der Waals surface area contributed by atoms with Gasteiger partial charge in [0.05, 0.1) is 31.5 Å². The van der Waals surface area contributed by atoms with Crippen LogP contribution in [0.15, 0.2) is 41.0 Å². The molecule has 3 amide bonds. The first-order chi connectivity index (χ1) is 13.0. The zero-order chi connectivity index (χ0) is 19.4. The van der Waals surface area contributed by atoms with Crippen molar-refractivity contribution in [2.45, 2.75) is 19.9 Å². The van der Waals surface area contributed by atoms with Crippen LogP contribution in [-0.4, -0.2) is 36.3 Å². The Balaban J connectivity index is 1.65. The van der Waals surface area contributed by atoms with Gasteiger partial charge in [0.1, 0.15) is 11.5 Å². The van der Waals surface area contributed by atoms with E-state index in [0.717, 1.165) is 0 Å². The molecule has 0 bridgehead atoms. The molecule has 1 aliphatic heterocycles. The predicted octanol–water partition coefficient (Wildman–Crippen LogP) is 2.23. The minimum Gasteiger partial charge on any atom is -0.495 e. The zero-order valence-electron chi connectivity index (χ0n) is 15.2. The van der Waals surface area contributed by atoms with Crippen molar-refractivity contribution in [3.63, 3.8) is 0 Å². The first kappa shape index (κ1) is 18.5. The second-order valence-corrected chi connectivity index (χ2v) is 6.34. The van der Waals surface area contributed by atoms with Gasteiger partial charge in [-0.2, -0.15) is 0 Å². The maximum atomic E-state index is 12.6. The fraction of sp³-hybridized carbons (Fsp3) is 0.316. The lowest BCUT2D eigenvalue weighted by molar-refractivity contribution is -0.128. The standard InChI is InChI=1S/C19H21N3O5/c1-12(23)20-16-9-14(5-6-17(16)26-2)21-19(25)13-8-18(24)22(10-13)11-15-4-3-7-27-15/h3-7,9,13H,8,10-11H2,1-2H3,(H,20,23)(H,21,25)/t13-/m1/s1. The number of benzene rings is 1. The van der Waals surface area contributed by atoms with Crippen molar-refractivity contribution < 1.29 is 23.5 Å². The summed E-state index contributed by atoms with van der Waals surface area (Å²) in [6, 6.07) is 8.51. The summed E-state index contributed by atoms with van der Waals surface area (Å²) in [6.07, 6.45) is 1.71. The number of carbonyl (C=O) groups is 3. The Kier molecular flexibility index (Phi) is 5.44. The minimum atomic E-state index is -0.446. The quantitative estimate of drug-likeness (QED) is 0.811. The largest absolute Gasteiger partial charge is 0.495 e. The fourth-order valence-corrected chi connectivity index (χ4v) is 3.01. The number of likely N-dealkylation sites (tertiary alicyclic amines) is 1. The lowest BCUT2D eigenvalue weighted by atomic mass is 10.1. The normalized spacial score (nSPS) is 16.3. The molecule has 8 nitrogen and oxygen atoms in total. The van der Waals surface area contributed by atoms with Crippen molar-refractivity contribution in [2.75, 3.05) is 24.3 Å².